The smallest absolute Gasteiger partial charge is 0.385 e. The Kier molecular flexibility index (Phi) is 4.70. The summed E-state index contributed by atoms with van der Waals surface area (Å²) in [6, 6.07) is 5.42. The van der Waals surface area contributed by atoms with Gasteiger partial charge in [-0.3, -0.25) is 0 Å². The van der Waals surface area contributed by atoms with E-state index in [1.54, 1.807) is 13.8 Å². The van der Waals surface area contributed by atoms with Crippen molar-refractivity contribution in [3.05, 3.63) is 40.5 Å². The van der Waals surface area contributed by atoms with Gasteiger partial charge in [-0.1, -0.05) is 5.16 Å². The predicted molar refractivity (Wildman–Crippen MR) is 68.0 cm³/mol. The van der Waals surface area contributed by atoms with Gasteiger partial charge in [0.15, 0.2) is 4.98 Å². The summed E-state index contributed by atoms with van der Waals surface area (Å²) in [4.78, 5) is 2.99. The van der Waals surface area contributed by atoms with Gasteiger partial charge in [-0.2, -0.15) is 0 Å². The molecule has 0 aliphatic carbocycles. The molecule has 106 valence electrons. The Labute approximate surface area is 122 Å². The summed E-state index contributed by atoms with van der Waals surface area (Å²) in [6.07, 6.45) is 0. The molecule has 0 spiro atoms. The third-order valence-corrected chi connectivity index (χ3v) is 3.99. The second-order valence-electron chi connectivity index (χ2n) is 3.92. The molecule has 1 aromatic heterocycles. The van der Waals surface area contributed by atoms with E-state index in [0.717, 1.165) is 0 Å². The highest BCUT2D eigenvalue weighted by Gasteiger charge is 2.20. The molecule has 1 heterocycles. The Bertz CT molecular complexity index is 747. The molecule has 0 unspecified atom stereocenters. The maximum Gasteiger partial charge on any atom is 0.385 e. The average Bonchev–Trinajstić information content (AvgIpc) is 2.70. The molecule has 2 rings (SSSR count). The van der Waals surface area contributed by atoms with E-state index in [1.165, 1.54) is 24.3 Å². The van der Waals surface area contributed by atoms with Crippen molar-refractivity contribution < 1.29 is 25.3 Å². The first-order valence-electron chi connectivity index (χ1n) is 5.35. The molecule has 0 aliphatic heterocycles. The lowest BCUT2D eigenvalue weighted by atomic mass is 10.3. The van der Waals surface area contributed by atoms with E-state index in [9.17, 15) is 8.42 Å². The van der Waals surface area contributed by atoms with Crippen LogP contribution in [0.5, 0.6) is 0 Å². The number of benzene rings is 1. The van der Waals surface area contributed by atoms with Crippen LogP contribution >= 0.6 is 0 Å². The number of hydrogen-bond acceptors (Lipinski definition) is 5. The Morgan fingerprint density at radius 2 is 1.85 bits per heavy atom. The van der Waals surface area contributed by atoms with Crippen molar-refractivity contribution in [2.75, 3.05) is 4.72 Å². The molecule has 2 aromatic rings. The standard InChI is InChI=1S/C11H11N4O3S.ClH/c1-7-8(2)14-18-11(7)15-19(16,17)10-5-3-9(13-12)4-6-10;/h3-6,15H,1-2H3;1H/q+1;/p-1. The quantitative estimate of drug-likeness (QED) is 0.776. The van der Waals surface area contributed by atoms with Gasteiger partial charge in [0, 0.05) is 17.7 Å². The summed E-state index contributed by atoms with van der Waals surface area (Å²) in [5.41, 5.74) is 1.52. The Morgan fingerprint density at radius 1 is 1.25 bits per heavy atom. The molecule has 0 bridgehead atoms. The number of rotatable bonds is 3. The van der Waals surface area contributed by atoms with Crippen LogP contribution < -0.4 is 17.1 Å². The van der Waals surface area contributed by atoms with Crippen molar-refractivity contribution in [1.29, 1.82) is 5.39 Å². The summed E-state index contributed by atoms with van der Waals surface area (Å²) in [5.74, 6) is 0.0911. The van der Waals surface area contributed by atoms with E-state index in [2.05, 4.69) is 14.9 Å². The molecule has 7 nitrogen and oxygen atoms in total. The fourth-order valence-electron chi connectivity index (χ4n) is 1.38. The fraction of sp³-hybridized carbons (Fsp3) is 0.182. The second-order valence-corrected chi connectivity index (χ2v) is 5.60. The summed E-state index contributed by atoms with van der Waals surface area (Å²) in [5, 5.41) is 12.2. The number of aryl methyl sites for hydroxylation is 1. The van der Waals surface area contributed by atoms with Gasteiger partial charge in [0.2, 0.25) is 11.3 Å². The van der Waals surface area contributed by atoms with Gasteiger partial charge in [-0.15, -0.1) is 0 Å². The number of aromatic nitrogens is 1. The monoisotopic (exact) mass is 314 g/mol. The highest BCUT2D eigenvalue weighted by Crippen LogP contribution is 2.22. The molecule has 0 atom stereocenters. The number of sulfonamides is 1. The predicted octanol–water partition coefficient (Wildman–Crippen LogP) is -0.419. The molecule has 0 fully saturated rings. The normalized spacial score (nSPS) is 10.4. The SMILES string of the molecule is Cc1noc(NS(=O)(=O)c2ccc([N+]#N)cc2)c1C.[Cl-]. The molecule has 0 radical (unpaired) electrons. The zero-order valence-electron chi connectivity index (χ0n) is 10.7. The molecule has 9 heteroatoms. The molecular formula is C11H11ClN4O3S. The number of halogens is 1. The maximum absolute atomic E-state index is 12.1. The number of anilines is 1. The van der Waals surface area contributed by atoms with Crippen molar-refractivity contribution in [3.8, 4) is 0 Å². The van der Waals surface area contributed by atoms with Crippen molar-refractivity contribution in [1.82, 2.24) is 5.16 Å². The van der Waals surface area contributed by atoms with Gasteiger partial charge in [-0.05, 0) is 26.0 Å². The van der Waals surface area contributed by atoms with Crippen LogP contribution in [-0.2, 0) is 10.0 Å². The minimum absolute atomic E-state index is 0. The first kappa shape index (κ1) is 15.9. The van der Waals surface area contributed by atoms with Gasteiger partial charge in [0.1, 0.15) is 0 Å². The minimum Gasteiger partial charge on any atom is -1.00 e. The molecule has 0 amide bonds. The molecule has 1 aromatic carbocycles. The highest BCUT2D eigenvalue weighted by atomic mass is 35.5. The van der Waals surface area contributed by atoms with Crippen molar-refractivity contribution in [3.63, 3.8) is 0 Å². The number of nitrogens with zero attached hydrogens (tertiary/aromatic N) is 3. The van der Waals surface area contributed by atoms with E-state index in [-0.39, 0.29) is 28.9 Å². The molecule has 20 heavy (non-hydrogen) atoms. The minimum atomic E-state index is -3.75. The van der Waals surface area contributed by atoms with E-state index >= 15 is 0 Å². The Balaban J connectivity index is 0.00000200. The van der Waals surface area contributed by atoms with Crippen molar-refractivity contribution >= 4 is 21.6 Å². The van der Waals surface area contributed by atoms with Gasteiger partial charge in [0.05, 0.1) is 10.6 Å². The van der Waals surface area contributed by atoms with Crippen LogP contribution in [0.2, 0.25) is 0 Å². The van der Waals surface area contributed by atoms with E-state index < -0.39 is 10.0 Å². The lowest BCUT2D eigenvalue weighted by Gasteiger charge is -2.04. The summed E-state index contributed by atoms with van der Waals surface area (Å²) in [6.45, 7) is 3.42. The van der Waals surface area contributed by atoms with Crippen LogP contribution in [-0.4, -0.2) is 13.6 Å². The Morgan fingerprint density at radius 3 is 2.30 bits per heavy atom. The van der Waals surface area contributed by atoms with Crippen LogP contribution in [0.1, 0.15) is 11.3 Å². The van der Waals surface area contributed by atoms with Crippen LogP contribution in [0.15, 0.2) is 33.7 Å². The van der Waals surface area contributed by atoms with Gasteiger partial charge in [-0.25, -0.2) is 13.1 Å². The Hall–Kier alpha value is -2.11. The first-order chi connectivity index (χ1) is 8.94. The van der Waals surface area contributed by atoms with Crippen molar-refractivity contribution in [2.24, 2.45) is 0 Å². The van der Waals surface area contributed by atoms with Gasteiger partial charge in [0.25, 0.3) is 10.0 Å². The number of diazo groups is 1. The average molecular weight is 315 g/mol. The van der Waals surface area contributed by atoms with Gasteiger partial charge >= 0.3 is 5.69 Å². The molecule has 1 N–H and O–H groups in total. The van der Waals surface area contributed by atoms with E-state index in [4.69, 9.17) is 9.92 Å². The van der Waals surface area contributed by atoms with Crippen molar-refractivity contribution in [2.45, 2.75) is 18.7 Å². The van der Waals surface area contributed by atoms with Crippen LogP contribution in [0.4, 0.5) is 11.6 Å². The topological polar surface area (TPSA) is 100 Å². The number of hydrogen-bond donors (Lipinski definition) is 1. The van der Waals surface area contributed by atoms with E-state index in [0.29, 0.717) is 11.3 Å². The molecule has 0 aliphatic rings. The van der Waals surface area contributed by atoms with Crippen LogP contribution in [0, 0.1) is 19.2 Å². The zero-order valence-corrected chi connectivity index (χ0v) is 12.2. The summed E-state index contributed by atoms with van der Waals surface area (Å²) in [7, 11) is -3.75. The van der Waals surface area contributed by atoms with E-state index in [1.807, 2.05) is 0 Å². The number of nitrogens with one attached hydrogen (secondary N) is 1. The second kappa shape index (κ2) is 5.90. The highest BCUT2D eigenvalue weighted by molar-refractivity contribution is 7.92. The molecular weight excluding hydrogens is 304 g/mol. The third-order valence-electron chi connectivity index (χ3n) is 2.65. The van der Waals surface area contributed by atoms with Gasteiger partial charge < -0.3 is 16.9 Å². The molecule has 0 saturated carbocycles. The lowest BCUT2D eigenvalue weighted by molar-refractivity contribution is -0.00000708. The summed E-state index contributed by atoms with van der Waals surface area (Å²) < 4.78 is 31.4. The lowest BCUT2D eigenvalue weighted by Crippen LogP contribution is -3.00. The largest absolute Gasteiger partial charge is 1.00 e. The maximum atomic E-state index is 12.1. The van der Waals surface area contributed by atoms with Crippen LogP contribution in [0.3, 0.4) is 0 Å². The first-order valence-corrected chi connectivity index (χ1v) is 6.83. The fourth-order valence-corrected chi connectivity index (χ4v) is 2.43. The zero-order chi connectivity index (χ0) is 14.0. The molecule has 0 saturated heterocycles. The summed E-state index contributed by atoms with van der Waals surface area (Å²) >= 11 is 0. The van der Waals surface area contributed by atoms with Crippen LogP contribution in [0.25, 0.3) is 4.98 Å². The third kappa shape index (κ3) is 3.07.